The van der Waals surface area contributed by atoms with Crippen LogP contribution in [0, 0.1) is 5.41 Å². The van der Waals surface area contributed by atoms with Crippen LogP contribution >= 0.6 is 0 Å². The molecule has 0 aliphatic carbocycles. The van der Waals surface area contributed by atoms with Crippen molar-refractivity contribution in [1.82, 2.24) is 0 Å². The van der Waals surface area contributed by atoms with Crippen LogP contribution in [0.25, 0.3) is 0 Å². The smallest absolute Gasteiger partial charge is 0.313 e. The molecule has 0 bridgehead atoms. The molecule has 2 nitrogen and oxygen atoms in total. The third kappa shape index (κ3) is 2.90. The highest BCUT2D eigenvalue weighted by molar-refractivity contribution is 5.78. The molecule has 0 unspecified atom stereocenters. The number of hydrogen-bond acceptors (Lipinski definition) is 1. The van der Waals surface area contributed by atoms with Gasteiger partial charge in [-0.15, -0.1) is 0 Å². The van der Waals surface area contributed by atoms with Gasteiger partial charge in [0.25, 0.3) is 0 Å². The van der Waals surface area contributed by atoms with Gasteiger partial charge < -0.3 is 5.11 Å². The maximum atomic E-state index is 10.9. The molecule has 0 rings (SSSR count). The van der Waals surface area contributed by atoms with Crippen LogP contribution in [-0.2, 0) is 4.79 Å². The Balaban J connectivity index is 4.89. The second-order valence-electron chi connectivity index (χ2n) is 3.27. The van der Waals surface area contributed by atoms with Crippen molar-refractivity contribution in [3.63, 3.8) is 0 Å². The van der Waals surface area contributed by atoms with Crippen LogP contribution in [0.3, 0.4) is 0 Å². The second kappa shape index (κ2) is 4.65. The van der Waals surface area contributed by atoms with Crippen LogP contribution in [0.2, 0.25) is 0 Å². The molecule has 1 N–H and O–H groups in total. The lowest BCUT2D eigenvalue weighted by molar-refractivity contribution is -0.144. The molecule has 2 heteroatoms. The molecule has 0 aliphatic rings. The van der Waals surface area contributed by atoms with Crippen LogP contribution in [0.15, 0.2) is 36.5 Å². The van der Waals surface area contributed by atoms with Gasteiger partial charge in [0.05, 0.1) is 5.41 Å². The van der Waals surface area contributed by atoms with Crippen molar-refractivity contribution in [2.45, 2.75) is 20.8 Å². The second-order valence-corrected chi connectivity index (χ2v) is 3.27. The Morgan fingerprint density at radius 2 is 2.00 bits per heavy atom. The molecule has 0 fully saturated rings. The molecule has 0 aromatic heterocycles. The van der Waals surface area contributed by atoms with Crippen LogP contribution < -0.4 is 0 Å². The highest BCUT2D eigenvalue weighted by Gasteiger charge is 2.29. The summed E-state index contributed by atoms with van der Waals surface area (Å²) in [6.45, 7) is 8.72. The lowest BCUT2D eigenvalue weighted by Crippen LogP contribution is -2.25. The Kier molecular flexibility index (Phi) is 4.18. The molecular weight excluding hydrogens is 164 g/mol. The average molecular weight is 180 g/mol. The van der Waals surface area contributed by atoms with Gasteiger partial charge in [0.15, 0.2) is 0 Å². The minimum absolute atomic E-state index is 0.778. The molecule has 0 atom stereocenters. The van der Waals surface area contributed by atoms with Crippen molar-refractivity contribution in [2.24, 2.45) is 5.41 Å². The lowest BCUT2D eigenvalue weighted by atomic mass is 9.84. The number of carboxylic acids is 1. The van der Waals surface area contributed by atoms with E-state index in [2.05, 4.69) is 6.58 Å². The van der Waals surface area contributed by atoms with E-state index >= 15 is 0 Å². The van der Waals surface area contributed by atoms with Gasteiger partial charge in [-0.2, -0.15) is 0 Å². The number of rotatable bonds is 4. The molecule has 0 aromatic carbocycles. The van der Waals surface area contributed by atoms with Crippen molar-refractivity contribution in [1.29, 1.82) is 0 Å². The van der Waals surface area contributed by atoms with Crippen LogP contribution in [0.4, 0.5) is 0 Å². The first-order chi connectivity index (χ1) is 5.96. The highest BCUT2D eigenvalue weighted by atomic mass is 16.4. The predicted molar refractivity (Wildman–Crippen MR) is 54.5 cm³/mol. The van der Waals surface area contributed by atoms with E-state index in [0.29, 0.717) is 0 Å². The molecule has 13 heavy (non-hydrogen) atoms. The largest absolute Gasteiger partial charge is 0.481 e. The minimum atomic E-state index is -0.839. The zero-order chi connectivity index (χ0) is 10.5. The summed E-state index contributed by atoms with van der Waals surface area (Å²) in [5.41, 5.74) is -0.0613. The van der Waals surface area contributed by atoms with E-state index in [9.17, 15) is 4.79 Å². The maximum absolute atomic E-state index is 10.9. The SMILES string of the molecule is C=C/C=C\C(=C/C)C(C)(C)C(=O)O. The van der Waals surface area contributed by atoms with Crippen LogP contribution in [-0.4, -0.2) is 11.1 Å². The van der Waals surface area contributed by atoms with Crippen molar-refractivity contribution in [2.75, 3.05) is 0 Å². The predicted octanol–water partition coefficient (Wildman–Crippen LogP) is 2.79. The summed E-state index contributed by atoms with van der Waals surface area (Å²) in [6.07, 6.45) is 6.93. The molecule has 0 aromatic rings. The first-order valence-electron chi connectivity index (χ1n) is 4.16. The summed E-state index contributed by atoms with van der Waals surface area (Å²) in [5, 5.41) is 8.94. The maximum Gasteiger partial charge on any atom is 0.313 e. The monoisotopic (exact) mass is 180 g/mol. The molecule has 0 amide bonds. The third-order valence-corrected chi connectivity index (χ3v) is 1.98. The Morgan fingerprint density at radius 1 is 1.46 bits per heavy atom. The zero-order valence-corrected chi connectivity index (χ0v) is 8.37. The normalized spacial score (nSPS) is 13.3. The van der Waals surface area contributed by atoms with Crippen molar-refractivity contribution in [3.8, 4) is 0 Å². The average Bonchev–Trinajstić information content (AvgIpc) is 2.05. The highest BCUT2D eigenvalue weighted by Crippen LogP contribution is 2.27. The Morgan fingerprint density at radius 3 is 2.31 bits per heavy atom. The molecule has 0 aliphatic heterocycles. The van der Waals surface area contributed by atoms with Gasteiger partial charge in [0.2, 0.25) is 0 Å². The van der Waals surface area contributed by atoms with E-state index < -0.39 is 11.4 Å². The standard InChI is InChI=1S/C11H16O2/c1-5-7-8-9(6-2)11(3,4)10(12)13/h5-8H,1H2,2-4H3,(H,12,13)/b8-7-,9-6+. The Hall–Kier alpha value is -1.31. The third-order valence-electron chi connectivity index (χ3n) is 1.98. The van der Waals surface area contributed by atoms with E-state index in [4.69, 9.17) is 5.11 Å². The first-order valence-corrected chi connectivity index (χ1v) is 4.16. The summed E-state index contributed by atoms with van der Waals surface area (Å²) in [5.74, 6) is -0.825. The van der Waals surface area contributed by atoms with Gasteiger partial charge in [-0.3, -0.25) is 4.79 Å². The minimum Gasteiger partial charge on any atom is -0.481 e. The number of hydrogen-bond donors (Lipinski definition) is 1. The molecule has 0 heterocycles. The van der Waals surface area contributed by atoms with Crippen molar-refractivity contribution >= 4 is 5.97 Å². The summed E-state index contributed by atoms with van der Waals surface area (Å²) in [4.78, 5) is 10.9. The topological polar surface area (TPSA) is 37.3 Å². The van der Waals surface area contributed by atoms with Gasteiger partial charge in [-0.05, 0) is 26.3 Å². The van der Waals surface area contributed by atoms with Gasteiger partial charge >= 0.3 is 5.97 Å². The van der Waals surface area contributed by atoms with Gasteiger partial charge in [0.1, 0.15) is 0 Å². The first kappa shape index (κ1) is 11.7. The van der Waals surface area contributed by atoms with E-state index in [0.717, 1.165) is 5.57 Å². The summed E-state index contributed by atoms with van der Waals surface area (Å²) >= 11 is 0. The Labute approximate surface area is 79.3 Å². The fourth-order valence-corrected chi connectivity index (χ4v) is 0.961. The molecule has 0 saturated heterocycles. The quantitative estimate of drug-likeness (QED) is 0.675. The lowest BCUT2D eigenvalue weighted by Gasteiger charge is -2.20. The molecule has 0 saturated carbocycles. The summed E-state index contributed by atoms with van der Waals surface area (Å²) in [7, 11) is 0. The zero-order valence-electron chi connectivity index (χ0n) is 8.37. The van der Waals surface area contributed by atoms with Crippen molar-refractivity contribution in [3.05, 3.63) is 36.5 Å². The Bertz CT molecular complexity index is 257. The molecule has 72 valence electrons. The fourth-order valence-electron chi connectivity index (χ4n) is 0.961. The number of carboxylic acid groups (broad SMARTS) is 1. The van der Waals surface area contributed by atoms with E-state index in [-0.39, 0.29) is 0 Å². The van der Waals surface area contributed by atoms with E-state index in [1.807, 2.05) is 6.92 Å². The van der Waals surface area contributed by atoms with Gasteiger partial charge in [0, 0.05) is 0 Å². The number of allylic oxidation sites excluding steroid dienone is 4. The van der Waals surface area contributed by atoms with Gasteiger partial charge in [-0.1, -0.05) is 30.9 Å². The number of carbonyl (C=O) groups is 1. The molecular formula is C11H16O2. The van der Waals surface area contributed by atoms with Crippen molar-refractivity contribution < 1.29 is 9.90 Å². The van der Waals surface area contributed by atoms with E-state index in [1.165, 1.54) is 0 Å². The summed E-state index contributed by atoms with van der Waals surface area (Å²) < 4.78 is 0. The van der Waals surface area contributed by atoms with Gasteiger partial charge in [-0.25, -0.2) is 0 Å². The number of aliphatic carboxylic acids is 1. The van der Waals surface area contributed by atoms with E-state index in [1.54, 1.807) is 38.2 Å². The van der Waals surface area contributed by atoms with Crippen LogP contribution in [0.5, 0.6) is 0 Å². The molecule has 0 spiro atoms. The van der Waals surface area contributed by atoms with Crippen LogP contribution in [0.1, 0.15) is 20.8 Å². The summed E-state index contributed by atoms with van der Waals surface area (Å²) in [6, 6.07) is 0. The fraction of sp³-hybridized carbons (Fsp3) is 0.364. The molecule has 0 radical (unpaired) electrons.